The van der Waals surface area contributed by atoms with Gasteiger partial charge in [-0.2, -0.15) is 5.26 Å². The molecule has 96 valence electrons. The Morgan fingerprint density at radius 2 is 2.39 bits per heavy atom. The maximum absolute atomic E-state index is 8.88. The molecule has 0 aromatic heterocycles. The zero-order valence-corrected chi connectivity index (χ0v) is 12.2. The van der Waals surface area contributed by atoms with E-state index in [9.17, 15) is 0 Å². The smallest absolute Gasteiger partial charge is 0.0992 e. The maximum atomic E-state index is 8.88. The van der Waals surface area contributed by atoms with Crippen molar-refractivity contribution >= 4 is 21.6 Å². The average Bonchev–Trinajstić information content (AvgIpc) is 2.89. The number of nitriles is 1. The van der Waals surface area contributed by atoms with Crippen molar-refractivity contribution in [2.45, 2.75) is 25.8 Å². The Labute approximate surface area is 117 Å². The van der Waals surface area contributed by atoms with E-state index in [1.54, 1.807) is 0 Å². The SMILES string of the molecule is CCN(CC1CCCN1)c1ccc(C#N)cc1Br. The number of anilines is 1. The first kappa shape index (κ1) is 13.4. The average molecular weight is 308 g/mol. The van der Waals surface area contributed by atoms with Crippen LogP contribution in [0.1, 0.15) is 25.3 Å². The maximum Gasteiger partial charge on any atom is 0.0992 e. The molecule has 0 radical (unpaired) electrons. The number of halogens is 1. The molecule has 1 aromatic rings. The number of hydrogen-bond donors (Lipinski definition) is 1. The van der Waals surface area contributed by atoms with Gasteiger partial charge in [0.25, 0.3) is 0 Å². The molecule has 1 aliphatic heterocycles. The van der Waals surface area contributed by atoms with Gasteiger partial charge in [0.15, 0.2) is 0 Å². The van der Waals surface area contributed by atoms with Crippen LogP contribution < -0.4 is 10.2 Å². The lowest BCUT2D eigenvalue weighted by Crippen LogP contribution is -2.37. The van der Waals surface area contributed by atoms with Crippen LogP contribution in [0.5, 0.6) is 0 Å². The fraction of sp³-hybridized carbons (Fsp3) is 0.500. The third-order valence-corrected chi connectivity index (χ3v) is 4.04. The number of benzene rings is 1. The lowest BCUT2D eigenvalue weighted by Gasteiger charge is -2.27. The van der Waals surface area contributed by atoms with E-state index < -0.39 is 0 Å². The number of nitrogens with zero attached hydrogens (tertiary/aromatic N) is 2. The standard InChI is InChI=1S/C14H18BrN3/c1-2-18(10-12-4-3-7-17-12)14-6-5-11(9-16)8-13(14)15/h5-6,8,12,17H,2-4,7,10H2,1H3. The molecule has 1 unspecified atom stereocenters. The summed E-state index contributed by atoms with van der Waals surface area (Å²) in [5, 5.41) is 12.4. The summed E-state index contributed by atoms with van der Waals surface area (Å²) in [4.78, 5) is 2.36. The van der Waals surface area contributed by atoms with E-state index in [4.69, 9.17) is 5.26 Å². The van der Waals surface area contributed by atoms with Crippen LogP contribution in [-0.4, -0.2) is 25.7 Å². The third-order valence-electron chi connectivity index (χ3n) is 3.40. The molecule has 0 aliphatic carbocycles. The van der Waals surface area contributed by atoms with E-state index in [2.05, 4.69) is 39.1 Å². The molecule has 1 saturated heterocycles. The van der Waals surface area contributed by atoms with Crippen LogP contribution in [0.3, 0.4) is 0 Å². The summed E-state index contributed by atoms with van der Waals surface area (Å²) in [7, 11) is 0. The second-order valence-corrected chi connectivity index (χ2v) is 5.46. The van der Waals surface area contributed by atoms with E-state index in [0.29, 0.717) is 11.6 Å². The Kier molecular flexibility index (Phi) is 4.62. The van der Waals surface area contributed by atoms with E-state index >= 15 is 0 Å². The van der Waals surface area contributed by atoms with Gasteiger partial charge in [-0.05, 0) is 60.4 Å². The lowest BCUT2D eigenvalue weighted by molar-refractivity contribution is 0.586. The molecule has 1 atom stereocenters. The lowest BCUT2D eigenvalue weighted by atomic mass is 10.1. The van der Waals surface area contributed by atoms with Gasteiger partial charge in [-0.25, -0.2) is 0 Å². The first-order valence-electron chi connectivity index (χ1n) is 6.42. The molecule has 1 aromatic carbocycles. The van der Waals surface area contributed by atoms with Crippen molar-refractivity contribution in [3.63, 3.8) is 0 Å². The highest BCUT2D eigenvalue weighted by molar-refractivity contribution is 9.10. The molecular weight excluding hydrogens is 290 g/mol. The van der Waals surface area contributed by atoms with Crippen LogP contribution in [-0.2, 0) is 0 Å². The highest BCUT2D eigenvalue weighted by Gasteiger charge is 2.18. The summed E-state index contributed by atoms with van der Waals surface area (Å²) in [6, 6.07) is 8.55. The molecule has 1 fully saturated rings. The molecule has 0 spiro atoms. The van der Waals surface area contributed by atoms with Gasteiger partial charge in [-0.15, -0.1) is 0 Å². The van der Waals surface area contributed by atoms with Crippen LogP contribution in [0.4, 0.5) is 5.69 Å². The summed E-state index contributed by atoms with van der Waals surface area (Å²) in [5.74, 6) is 0. The molecule has 4 heteroatoms. The Bertz CT molecular complexity index is 447. The summed E-state index contributed by atoms with van der Waals surface area (Å²) < 4.78 is 1.00. The van der Waals surface area contributed by atoms with Gasteiger partial charge in [-0.1, -0.05) is 0 Å². The zero-order chi connectivity index (χ0) is 13.0. The van der Waals surface area contributed by atoms with Crippen molar-refractivity contribution in [1.29, 1.82) is 5.26 Å². The van der Waals surface area contributed by atoms with Gasteiger partial charge in [0.05, 0.1) is 17.3 Å². The summed E-state index contributed by atoms with van der Waals surface area (Å²) in [6.07, 6.45) is 2.53. The molecule has 18 heavy (non-hydrogen) atoms. The van der Waals surface area contributed by atoms with Crippen LogP contribution in [0.25, 0.3) is 0 Å². The van der Waals surface area contributed by atoms with Gasteiger partial charge in [0, 0.05) is 23.6 Å². The largest absolute Gasteiger partial charge is 0.369 e. The van der Waals surface area contributed by atoms with Gasteiger partial charge in [0.1, 0.15) is 0 Å². The number of hydrogen-bond acceptors (Lipinski definition) is 3. The minimum absolute atomic E-state index is 0.590. The first-order chi connectivity index (χ1) is 8.74. The normalized spacial score (nSPS) is 18.6. The molecule has 1 N–H and O–H groups in total. The first-order valence-corrected chi connectivity index (χ1v) is 7.22. The van der Waals surface area contributed by atoms with Gasteiger partial charge in [0.2, 0.25) is 0 Å². The quantitative estimate of drug-likeness (QED) is 0.929. The van der Waals surface area contributed by atoms with Crippen LogP contribution in [0.15, 0.2) is 22.7 Å². The molecule has 0 amide bonds. The highest BCUT2D eigenvalue weighted by Crippen LogP contribution is 2.27. The molecule has 1 aliphatic rings. The number of likely N-dealkylation sites (N-methyl/N-ethyl adjacent to an activating group) is 1. The third kappa shape index (κ3) is 3.04. The van der Waals surface area contributed by atoms with E-state index in [-0.39, 0.29) is 0 Å². The van der Waals surface area contributed by atoms with Crippen molar-refractivity contribution in [3.8, 4) is 6.07 Å². The predicted molar refractivity (Wildman–Crippen MR) is 77.8 cm³/mol. The van der Waals surface area contributed by atoms with Crippen LogP contribution >= 0.6 is 15.9 Å². The summed E-state index contributed by atoms with van der Waals surface area (Å²) >= 11 is 3.57. The van der Waals surface area contributed by atoms with Crippen molar-refractivity contribution < 1.29 is 0 Å². The van der Waals surface area contributed by atoms with E-state index in [1.807, 2.05) is 18.2 Å². The van der Waals surface area contributed by atoms with Crippen molar-refractivity contribution in [1.82, 2.24) is 5.32 Å². The summed E-state index contributed by atoms with van der Waals surface area (Å²) in [6.45, 7) is 5.31. The number of rotatable bonds is 4. The summed E-state index contributed by atoms with van der Waals surface area (Å²) in [5.41, 5.74) is 1.87. The van der Waals surface area contributed by atoms with Gasteiger partial charge in [-0.3, -0.25) is 0 Å². The minimum atomic E-state index is 0.590. The highest BCUT2D eigenvalue weighted by atomic mass is 79.9. The predicted octanol–water partition coefficient (Wildman–Crippen LogP) is 2.90. The van der Waals surface area contributed by atoms with Gasteiger partial charge >= 0.3 is 0 Å². The zero-order valence-electron chi connectivity index (χ0n) is 10.6. The second-order valence-electron chi connectivity index (χ2n) is 4.61. The minimum Gasteiger partial charge on any atom is -0.369 e. The van der Waals surface area contributed by atoms with Gasteiger partial charge < -0.3 is 10.2 Å². The molecule has 0 saturated carbocycles. The number of nitrogens with one attached hydrogen (secondary N) is 1. The topological polar surface area (TPSA) is 39.1 Å². The Morgan fingerprint density at radius 3 is 2.94 bits per heavy atom. The van der Waals surface area contributed by atoms with Crippen molar-refractivity contribution in [2.24, 2.45) is 0 Å². The van der Waals surface area contributed by atoms with Crippen molar-refractivity contribution in [2.75, 3.05) is 24.5 Å². The fourth-order valence-corrected chi connectivity index (χ4v) is 3.04. The molecule has 3 nitrogen and oxygen atoms in total. The van der Waals surface area contributed by atoms with E-state index in [0.717, 1.165) is 24.1 Å². The van der Waals surface area contributed by atoms with Crippen LogP contribution in [0, 0.1) is 11.3 Å². The Morgan fingerprint density at radius 1 is 1.56 bits per heavy atom. The van der Waals surface area contributed by atoms with Crippen molar-refractivity contribution in [3.05, 3.63) is 28.2 Å². The monoisotopic (exact) mass is 307 g/mol. The fourth-order valence-electron chi connectivity index (χ4n) is 2.41. The second kappa shape index (κ2) is 6.21. The molecular formula is C14H18BrN3. The van der Waals surface area contributed by atoms with E-state index in [1.165, 1.54) is 18.5 Å². The Hall–Kier alpha value is -1.05. The molecule has 0 bridgehead atoms. The van der Waals surface area contributed by atoms with Crippen LogP contribution in [0.2, 0.25) is 0 Å². The molecule has 1 heterocycles. The Balaban J connectivity index is 2.14. The molecule has 2 rings (SSSR count).